The summed E-state index contributed by atoms with van der Waals surface area (Å²) in [5.74, 6) is 0. The number of halogens is 1. The maximum absolute atomic E-state index is 11.5. The molecular formula is C15H15ClN2O2S. The fourth-order valence-corrected chi connectivity index (χ4v) is 3.33. The second-order valence-electron chi connectivity index (χ2n) is 5.10. The highest BCUT2D eigenvalue weighted by molar-refractivity contribution is 7.89. The molecule has 0 fully saturated rings. The fraction of sp³-hybridized carbons (Fsp3) is 0.200. The van der Waals surface area contributed by atoms with Crippen molar-refractivity contribution in [1.82, 2.24) is 0 Å². The van der Waals surface area contributed by atoms with Crippen molar-refractivity contribution in [3.8, 4) is 0 Å². The Bertz CT molecular complexity index is 790. The van der Waals surface area contributed by atoms with Crippen LogP contribution in [0.5, 0.6) is 0 Å². The van der Waals surface area contributed by atoms with Crippen molar-refractivity contribution in [2.75, 3.05) is 11.4 Å². The normalized spacial score (nSPS) is 14.3. The zero-order valence-electron chi connectivity index (χ0n) is 11.3. The van der Waals surface area contributed by atoms with Crippen molar-refractivity contribution >= 4 is 27.3 Å². The molecule has 4 nitrogen and oxygen atoms in total. The smallest absolute Gasteiger partial charge is 0.238 e. The van der Waals surface area contributed by atoms with E-state index in [1.54, 1.807) is 12.1 Å². The van der Waals surface area contributed by atoms with Crippen LogP contribution in [0.15, 0.2) is 47.4 Å². The zero-order chi connectivity index (χ0) is 15.0. The lowest BCUT2D eigenvalue weighted by molar-refractivity contribution is 0.598. The number of benzene rings is 2. The van der Waals surface area contributed by atoms with Crippen LogP contribution < -0.4 is 10.0 Å². The first-order valence-electron chi connectivity index (χ1n) is 6.59. The molecule has 0 aliphatic carbocycles. The van der Waals surface area contributed by atoms with Crippen LogP contribution in [0.3, 0.4) is 0 Å². The van der Waals surface area contributed by atoms with Crippen molar-refractivity contribution < 1.29 is 8.42 Å². The second-order valence-corrected chi connectivity index (χ2v) is 7.07. The van der Waals surface area contributed by atoms with Gasteiger partial charge in [0, 0.05) is 23.8 Å². The largest absolute Gasteiger partial charge is 0.367 e. The molecule has 0 saturated heterocycles. The average Bonchev–Trinajstić information content (AvgIpc) is 2.83. The number of hydrogen-bond donors (Lipinski definition) is 1. The van der Waals surface area contributed by atoms with Gasteiger partial charge in [-0.25, -0.2) is 13.6 Å². The van der Waals surface area contributed by atoms with Gasteiger partial charge in [-0.15, -0.1) is 0 Å². The van der Waals surface area contributed by atoms with Crippen LogP contribution in [0, 0.1) is 0 Å². The van der Waals surface area contributed by atoms with Crippen LogP contribution in [0.1, 0.15) is 11.1 Å². The summed E-state index contributed by atoms with van der Waals surface area (Å²) in [5, 5.41) is 5.92. The Morgan fingerprint density at radius 2 is 1.95 bits per heavy atom. The van der Waals surface area contributed by atoms with Crippen LogP contribution >= 0.6 is 11.6 Å². The van der Waals surface area contributed by atoms with Gasteiger partial charge in [-0.05, 0) is 35.7 Å². The van der Waals surface area contributed by atoms with Gasteiger partial charge < -0.3 is 4.90 Å². The first-order valence-corrected chi connectivity index (χ1v) is 8.51. The Hall–Kier alpha value is -1.56. The summed E-state index contributed by atoms with van der Waals surface area (Å²) in [5.41, 5.74) is 3.07. The summed E-state index contributed by atoms with van der Waals surface area (Å²) >= 11 is 6.19. The second kappa shape index (κ2) is 5.33. The lowest BCUT2D eigenvalue weighted by Crippen LogP contribution is -2.20. The lowest BCUT2D eigenvalue weighted by atomic mass is 10.1. The maximum Gasteiger partial charge on any atom is 0.238 e. The molecule has 6 heteroatoms. The first-order chi connectivity index (χ1) is 9.95. The number of primary sulfonamides is 1. The van der Waals surface area contributed by atoms with E-state index >= 15 is 0 Å². The quantitative estimate of drug-likeness (QED) is 0.944. The molecule has 2 aromatic rings. The van der Waals surface area contributed by atoms with Gasteiger partial charge in [-0.2, -0.15) is 0 Å². The highest BCUT2D eigenvalue weighted by Gasteiger charge is 2.22. The van der Waals surface area contributed by atoms with Gasteiger partial charge in [-0.3, -0.25) is 0 Å². The number of rotatable bonds is 3. The molecule has 3 rings (SSSR count). The van der Waals surface area contributed by atoms with Gasteiger partial charge in [0.1, 0.15) is 0 Å². The van der Waals surface area contributed by atoms with Gasteiger partial charge in [0.2, 0.25) is 10.0 Å². The number of nitrogens with zero attached hydrogens (tertiary/aromatic N) is 1. The van der Waals surface area contributed by atoms with Crippen molar-refractivity contribution in [3.63, 3.8) is 0 Å². The summed E-state index contributed by atoms with van der Waals surface area (Å²) in [7, 11) is -3.68. The molecule has 0 spiro atoms. The summed E-state index contributed by atoms with van der Waals surface area (Å²) in [6, 6.07) is 12.7. The third kappa shape index (κ3) is 2.90. The van der Waals surface area contributed by atoms with Crippen molar-refractivity contribution in [1.29, 1.82) is 0 Å². The monoisotopic (exact) mass is 322 g/mol. The molecule has 0 atom stereocenters. The van der Waals surface area contributed by atoms with Crippen LogP contribution in [-0.4, -0.2) is 15.0 Å². The molecular weight excluding hydrogens is 308 g/mol. The van der Waals surface area contributed by atoms with Crippen molar-refractivity contribution in [2.45, 2.75) is 17.9 Å². The van der Waals surface area contributed by atoms with E-state index in [2.05, 4.69) is 4.90 Å². The Labute approximate surface area is 129 Å². The minimum atomic E-state index is -3.68. The van der Waals surface area contributed by atoms with Gasteiger partial charge >= 0.3 is 0 Å². The topological polar surface area (TPSA) is 63.4 Å². The minimum absolute atomic E-state index is 0.146. The molecule has 2 N–H and O–H groups in total. The predicted octanol–water partition coefficient (Wildman–Crippen LogP) is 2.55. The molecule has 1 aliphatic heterocycles. The molecule has 0 bridgehead atoms. The van der Waals surface area contributed by atoms with E-state index < -0.39 is 10.0 Å². The van der Waals surface area contributed by atoms with Crippen LogP contribution in [0.25, 0.3) is 0 Å². The van der Waals surface area contributed by atoms with Crippen molar-refractivity contribution in [3.05, 3.63) is 58.6 Å². The summed E-state index contributed by atoms with van der Waals surface area (Å²) < 4.78 is 23.0. The summed E-state index contributed by atoms with van der Waals surface area (Å²) in [6.45, 7) is 1.50. The molecule has 0 aromatic heterocycles. The minimum Gasteiger partial charge on any atom is -0.367 e. The van der Waals surface area contributed by atoms with E-state index in [1.807, 2.05) is 30.3 Å². The predicted molar refractivity (Wildman–Crippen MR) is 84.0 cm³/mol. The zero-order valence-corrected chi connectivity index (χ0v) is 12.9. The molecule has 2 aromatic carbocycles. The number of hydrogen-bond acceptors (Lipinski definition) is 3. The Balaban J connectivity index is 1.94. The Kier molecular flexibility index (Phi) is 3.65. The van der Waals surface area contributed by atoms with Gasteiger partial charge in [0.25, 0.3) is 0 Å². The molecule has 1 heterocycles. The van der Waals surface area contributed by atoms with E-state index in [0.29, 0.717) is 11.6 Å². The molecule has 0 radical (unpaired) electrons. The van der Waals surface area contributed by atoms with E-state index in [4.69, 9.17) is 16.7 Å². The molecule has 0 saturated carbocycles. The van der Waals surface area contributed by atoms with E-state index in [-0.39, 0.29) is 4.90 Å². The Morgan fingerprint density at radius 3 is 2.67 bits per heavy atom. The highest BCUT2D eigenvalue weighted by Crippen LogP contribution is 2.32. The van der Waals surface area contributed by atoms with Crippen molar-refractivity contribution in [2.24, 2.45) is 5.14 Å². The van der Waals surface area contributed by atoms with Gasteiger partial charge in [0.15, 0.2) is 0 Å². The SMILES string of the molecule is NS(=O)(=O)c1ccc2c(c1)N(Cc1ccccc1Cl)CC2. The molecule has 0 unspecified atom stereocenters. The van der Waals surface area contributed by atoms with Crippen LogP contribution in [-0.2, 0) is 23.0 Å². The summed E-state index contributed by atoms with van der Waals surface area (Å²) in [4.78, 5) is 2.28. The van der Waals surface area contributed by atoms with Gasteiger partial charge in [0.05, 0.1) is 4.90 Å². The number of sulfonamides is 1. The van der Waals surface area contributed by atoms with E-state index in [1.165, 1.54) is 0 Å². The number of nitrogens with two attached hydrogens (primary N) is 1. The summed E-state index contributed by atoms with van der Waals surface area (Å²) in [6.07, 6.45) is 0.894. The first kappa shape index (κ1) is 14.4. The fourth-order valence-electron chi connectivity index (χ4n) is 2.60. The van der Waals surface area contributed by atoms with E-state index in [9.17, 15) is 8.42 Å². The number of anilines is 1. The lowest BCUT2D eigenvalue weighted by Gasteiger charge is -2.20. The standard InChI is InChI=1S/C15H15ClN2O2S/c16-14-4-2-1-3-12(14)10-18-8-7-11-5-6-13(9-15(11)18)21(17,19)20/h1-6,9H,7-8,10H2,(H2,17,19,20). The number of fused-ring (bicyclic) bond motifs is 1. The third-order valence-electron chi connectivity index (χ3n) is 3.70. The Morgan fingerprint density at radius 1 is 1.19 bits per heavy atom. The molecule has 0 amide bonds. The molecule has 1 aliphatic rings. The molecule has 110 valence electrons. The maximum atomic E-state index is 11.5. The van der Waals surface area contributed by atoms with E-state index in [0.717, 1.165) is 29.8 Å². The highest BCUT2D eigenvalue weighted by atomic mass is 35.5. The van der Waals surface area contributed by atoms with Gasteiger partial charge in [-0.1, -0.05) is 35.9 Å². The third-order valence-corrected chi connectivity index (χ3v) is 4.98. The van der Waals surface area contributed by atoms with Crippen LogP contribution in [0.2, 0.25) is 5.02 Å². The van der Waals surface area contributed by atoms with Crippen LogP contribution in [0.4, 0.5) is 5.69 Å². The average molecular weight is 323 g/mol. The molecule has 21 heavy (non-hydrogen) atoms.